The normalized spacial score (nSPS) is 15.1. The van der Waals surface area contributed by atoms with E-state index in [1.165, 1.54) is 11.1 Å². The second-order valence-electron chi connectivity index (χ2n) is 8.01. The van der Waals surface area contributed by atoms with E-state index < -0.39 is 5.97 Å². The molecule has 0 atom stereocenters. The first kappa shape index (κ1) is 21.0. The Kier molecular flexibility index (Phi) is 6.57. The molecular formula is C25H27N3O3. The van der Waals surface area contributed by atoms with Crippen molar-refractivity contribution in [1.82, 2.24) is 15.1 Å². The van der Waals surface area contributed by atoms with Gasteiger partial charge < -0.3 is 9.52 Å². The van der Waals surface area contributed by atoms with Crippen molar-refractivity contribution in [3.8, 4) is 11.5 Å². The van der Waals surface area contributed by atoms with Gasteiger partial charge in [0.15, 0.2) is 0 Å². The first-order valence-corrected chi connectivity index (χ1v) is 10.8. The average Bonchev–Trinajstić information content (AvgIpc) is 3.23. The van der Waals surface area contributed by atoms with Crippen LogP contribution in [0.5, 0.6) is 0 Å². The molecule has 3 aromatic rings. The number of carboxylic acids is 1. The van der Waals surface area contributed by atoms with Crippen LogP contribution in [0.2, 0.25) is 0 Å². The van der Waals surface area contributed by atoms with Crippen LogP contribution < -0.4 is 0 Å². The third-order valence-electron chi connectivity index (χ3n) is 5.60. The molecule has 0 aliphatic carbocycles. The Morgan fingerprint density at radius 3 is 2.55 bits per heavy atom. The molecule has 2 heterocycles. The quantitative estimate of drug-likeness (QED) is 0.529. The molecule has 6 nitrogen and oxygen atoms in total. The van der Waals surface area contributed by atoms with Crippen LogP contribution in [0.25, 0.3) is 23.1 Å². The van der Waals surface area contributed by atoms with Gasteiger partial charge in [-0.15, -0.1) is 10.2 Å². The summed E-state index contributed by atoms with van der Waals surface area (Å²) >= 11 is 0. The Bertz CT molecular complexity index is 1040. The SMILES string of the molecule is CCCCC(=Cc1nnc(-c2ccc(CN3CC(C(=O)O)C3)cc2)o1)c1ccccc1. The fraction of sp³-hybridized carbons (Fsp3) is 0.320. The van der Waals surface area contributed by atoms with Crippen LogP contribution in [0.3, 0.4) is 0 Å². The van der Waals surface area contributed by atoms with Gasteiger partial charge in [0.25, 0.3) is 0 Å². The molecule has 160 valence electrons. The van der Waals surface area contributed by atoms with Crippen molar-refractivity contribution in [2.45, 2.75) is 32.7 Å². The van der Waals surface area contributed by atoms with Crippen LogP contribution in [-0.4, -0.2) is 39.3 Å². The van der Waals surface area contributed by atoms with Gasteiger partial charge in [0.1, 0.15) is 0 Å². The van der Waals surface area contributed by atoms with Gasteiger partial charge in [0, 0.05) is 31.3 Å². The number of hydrogen-bond donors (Lipinski definition) is 1. The van der Waals surface area contributed by atoms with Crippen molar-refractivity contribution in [2.24, 2.45) is 5.92 Å². The Labute approximate surface area is 182 Å². The molecule has 1 saturated heterocycles. The molecule has 0 amide bonds. The summed E-state index contributed by atoms with van der Waals surface area (Å²) in [5, 5.41) is 17.4. The molecule has 1 fully saturated rings. The smallest absolute Gasteiger partial charge is 0.309 e. The number of aliphatic carboxylic acids is 1. The molecule has 0 unspecified atom stereocenters. The summed E-state index contributed by atoms with van der Waals surface area (Å²) in [6.07, 6.45) is 5.18. The second-order valence-corrected chi connectivity index (χ2v) is 8.01. The van der Waals surface area contributed by atoms with Gasteiger partial charge in [-0.05, 0) is 41.7 Å². The van der Waals surface area contributed by atoms with E-state index in [1.807, 2.05) is 48.5 Å². The van der Waals surface area contributed by atoms with Crippen LogP contribution in [0, 0.1) is 5.92 Å². The predicted molar refractivity (Wildman–Crippen MR) is 120 cm³/mol. The minimum atomic E-state index is -0.710. The fourth-order valence-electron chi connectivity index (χ4n) is 3.74. The first-order valence-electron chi connectivity index (χ1n) is 10.8. The zero-order chi connectivity index (χ0) is 21.6. The van der Waals surface area contributed by atoms with Crippen LogP contribution >= 0.6 is 0 Å². The van der Waals surface area contributed by atoms with Gasteiger partial charge in [-0.3, -0.25) is 9.69 Å². The summed E-state index contributed by atoms with van der Waals surface area (Å²) in [6, 6.07) is 18.3. The van der Waals surface area contributed by atoms with Crippen LogP contribution in [0.4, 0.5) is 0 Å². The fourth-order valence-corrected chi connectivity index (χ4v) is 3.74. The van der Waals surface area contributed by atoms with E-state index in [0.717, 1.165) is 36.9 Å². The number of allylic oxidation sites excluding steroid dienone is 1. The van der Waals surface area contributed by atoms with Crippen molar-refractivity contribution in [3.63, 3.8) is 0 Å². The molecule has 1 N–H and O–H groups in total. The number of carboxylic acid groups (broad SMARTS) is 1. The van der Waals surface area contributed by atoms with E-state index in [2.05, 4.69) is 34.2 Å². The Morgan fingerprint density at radius 2 is 1.87 bits per heavy atom. The highest BCUT2D eigenvalue weighted by atomic mass is 16.4. The Balaban J connectivity index is 1.44. The number of benzene rings is 2. The Morgan fingerprint density at radius 1 is 1.13 bits per heavy atom. The standard InChI is InChI=1S/C25H27N3O3/c1-2-3-7-21(19-8-5-4-6-9-19)14-23-26-27-24(31-23)20-12-10-18(11-13-20)15-28-16-22(17-28)25(29)30/h4-6,8-14,22H,2-3,7,15-17H2,1H3,(H,29,30). The molecule has 0 radical (unpaired) electrons. The maximum atomic E-state index is 10.9. The zero-order valence-electron chi connectivity index (χ0n) is 17.7. The number of rotatable bonds is 9. The predicted octanol–water partition coefficient (Wildman–Crippen LogP) is 4.98. The summed E-state index contributed by atoms with van der Waals surface area (Å²) in [4.78, 5) is 13.1. The second kappa shape index (κ2) is 9.71. The van der Waals surface area contributed by atoms with Crippen molar-refractivity contribution in [3.05, 3.63) is 71.6 Å². The lowest BCUT2D eigenvalue weighted by atomic mass is 9.99. The molecule has 1 aliphatic heterocycles. The zero-order valence-corrected chi connectivity index (χ0v) is 17.7. The number of hydrogen-bond acceptors (Lipinski definition) is 5. The molecule has 6 heteroatoms. The number of nitrogens with zero attached hydrogens (tertiary/aromatic N) is 3. The molecule has 1 aromatic heterocycles. The average molecular weight is 418 g/mol. The topological polar surface area (TPSA) is 79.5 Å². The van der Waals surface area contributed by atoms with E-state index in [1.54, 1.807) is 0 Å². The molecule has 0 spiro atoms. The van der Waals surface area contributed by atoms with Gasteiger partial charge in [0.05, 0.1) is 5.92 Å². The lowest BCUT2D eigenvalue weighted by Crippen LogP contribution is -2.49. The first-order chi connectivity index (χ1) is 15.1. The highest BCUT2D eigenvalue weighted by molar-refractivity contribution is 5.79. The highest BCUT2D eigenvalue weighted by Crippen LogP contribution is 2.26. The van der Waals surface area contributed by atoms with Gasteiger partial charge in [-0.1, -0.05) is 55.8 Å². The molecular weight excluding hydrogens is 390 g/mol. The van der Waals surface area contributed by atoms with E-state index in [0.29, 0.717) is 24.9 Å². The molecule has 0 saturated carbocycles. The highest BCUT2D eigenvalue weighted by Gasteiger charge is 2.32. The molecule has 0 bridgehead atoms. The van der Waals surface area contributed by atoms with Crippen molar-refractivity contribution < 1.29 is 14.3 Å². The third kappa shape index (κ3) is 5.27. The van der Waals surface area contributed by atoms with Gasteiger partial charge in [-0.2, -0.15) is 0 Å². The number of aromatic nitrogens is 2. The van der Waals surface area contributed by atoms with Crippen LogP contribution in [0.15, 0.2) is 59.0 Å². The summed E-state index contributed by atoms with van der Waals surface area (Å²) in [5.41, 5.74) is 4.38. The Hall–Kier alpha value is -3.25. The number of unbranched alkanes of at least 4 members (excludes halogenated alkanes) is 1. The number of carbonyl (C=O) groups is 1. The van der Waals surface area contributed by atoms with Crippen LogP contribution in [0.1, 0.15) is 43.2 Å². The summed E-state index contributed by atoms with van der Waals surface area (Å²) in [7, 11) is 0. The monoisotopic (exact) mass is 417 g/mol. The molecule has 31 heavy (non-hydrogen) atoms. The van der Waals surface area contributed by atoms with Crippen LogP contribution in [-0.2, 0) is 11.3 Å². The van der Waals surface area contributed by atoms with E-state index in [9.17, 15) is 4.79 Å². The molecule has 4 rings (SSSR count). The van der Waals surface area contributed by atoms with E-state index in [4.69, 9.17) is 9.52 Å². The lowest BCUT2D eigenvalue weighted by molar-refractivity contribution is -0.147. The van der Waals surface area contributed by atoms with Gasteiger partial charge in [-0.25, -0.2) is 0 Å². The largest absolute Gasteiger partial charge is 0.481 e. The van der Waals surface area contributed by atoms with Gasteiger partial charge in [0.2, 0.25) is 11.8 Å². The van der Waals surface area contributed by atoms with Crippen molar-refractivity contribution >= 4 is 17.6 Å². The lowest BCUT2D eigenvalue weighted by Gasteiger charge is -2.36. The van der Waals surface area contributed by atoms with E-state index >= 15 is 0 Å². The van der Waals surface area contributed by atoms with E-state index in [-0.39, 0.29) is 5.92 Å². The summed E-state index contributed by atoms with van der Waals surface area (Å²) in [6.45, 7) is 4.15. The minimum Gasteiger partial charge on any atom is -0.481 e. The molecule has 2 aromatic carbocycles. The minimum absolute atomic E-state index is 0.234. The van der Waals surface area contributed by atoms with Crippen molar-refractivity contribution in [1.29, 1.82) is 0 Å². The number of likely N-dealkylation sites (tertiary alicyclic amines) is 1. The van der Waals surface area contributed by atoms with Crippen molar-refractivity contribution in [2.75, 3.05) is 13.1 Å². The molecule has 1 aliphatic rings. The third-order valence-corrected chi connectivity index (χ3v) is 5.60. The maximum Gasteiger partial charge on any atom is 0.309 e. The van der Waals surface area contributed by atoms with Gasteiger partial charge >= 0.3 is 5.97 Å². The summed E-state index contributed by atoms with van der Waals surface area (Å²) < 4.78 is 5.92. The summed E-state index contributed by atoms with van der Waals surface area (Å²) in [5.74, 6) is 0.0603. The maximum absolute atomic E-state index is 10.9.